The summed E-state index contributed by atoms with van der Waals surface area (Å²) in [4.78, 5) is 14.0. The van der Waals surface area contributed by atoms with Gasteiger partial charge in [-0.25, -0.2) is 13.2 Å². The summed E-state index contributed by atoms with van der Waals surface area (Å²) in [6.45, 7) is 3.95. The van der Waals surface area contributed by atoms with Gasteiger partial charge in [-0.2, -0.15) is 0 Å². The Morgan fingerprint density at radius 3 is 2.87 bits per heavy atom. The third kappa shape index (κ3) is 4.59. The third-order valence-electron chi connectivity index (χ3n) is 3.84. The van der Waals surface area contributed by atoms with E-state index in [0.717, 1.165) is 11.8 Å². The van der Waals surface area contributed by atoms with E-state index in [1.54, 1.807) is 23.1 Å². The summed E-state index contributed by atoms with van der Waals surface area (Å²) in [5.41, 5.74) is 1.41. The number of hydrogen-bond acceptors (Lipinski definition) is 4. The van der Waals surface area contributed by atoms with Gasteiger partial charge in [-0.05, 0) is 24.6 Å². The summed E-state index contributed by atoms with van der Waals surface area (Å²) in [5, 5.41) is 2.87. The maximum absolute atomic E-state index is 12.2. The fourth-order valence-corrected chi connectivity index (χ4v) is 2.86. The number of benzene rings is 1. The average Bonchev–Trinajstić information content (AvgIpc) is 2.51. The third-order valence-corrected chi connectivity index (χ3v) is 5.05. The van der Waals surface area contributed by atoms with Gasteiger partial charge in [-0.3, -0.25) is 4.31 Å². The Bertz CT molecular complexity index is 662. The predicted octanol–water partition coefficient (Wildman–Crippen LogP) is 1.01. The monoisotopic (exact) mass is 341 g/mol. The first-order chi connectivity index (χ1) is 10.8. The van der Waals surface area contributed by atoms with Crippen molar-refractivity contribution in [3.8, 4) is 0 Å². The highest BCUT2D eigenvalue weighted by Gasteiger charge is 2.23. The Morgan fingerprint density at radius 2 is 2.22 bits per heavy atom. The van der Waals surface area contributed by atoms with E-state index in [9.17, 15) is 13.2 Å². The molecule has 1 aliphatic heterocycles. The highest BCUT2D eigenvalue weighted by Crippen LogP contribution is 2.17. The lowest BCUT2D eigenvalue weighted by Gasteiger charge is -2.33. The van der Waals surface area contributed by atoms with Crippen LogP contribution in [0.5, 0.6) is 0 Å². The lowest BCUT2D eigenvalue weighted by atomic mass is 10.2. The highest BCUT2D eigenvalue weighted by molar-refractivity contribution is 7.92. The number of nitrogens with one attached hydrogen (secondary N) is 1. The van der Waals surface area contributed by atoms with Gasteiger partial charge in [-0.15, -0.1) is 0 Å². The summed E-state index contributed by atoms with van der Waals surface area (Å²) >= 11 is 0. The zero-order valence-electron chi connectivity index (χ0n) is 13.7. The number of hydrogen-bond donors (Lipinski definition) is 1. The van der Waals surface area contributed by atoms with Crippen LogP contribution in [0.15, 0.2) is 24.3 Å². The molecule has 1 aromatic rings. The number of rotatable bonds is 4. The smallest absolute Gasteiger partial charge is 0.318 e. The van der Waals surface area contributed by atoms with Gasteiger partial charge >= 0.3 is 6.03 Å². The van der Waals surface area contributed by atoms with Crippen LogP contribution in [0.25, 0.3) is 0 Å². The van der Waals surface area contributed by atoms with Gasteiger partial charge in [0, 0.05) is 20.1 Å². The summed E-state index contributed by atoms with van der Waals surface area (Å²) in [7, 11) is -1.80. The van der Waals surface area contributed by atoms with E-state index in [4.69, 9.17) is 4.74 Å². The van der Waals surface area contributed by atoms with Crippen LogP contribution in [0, 0.1) is 0 Å². The van der Waals surface area contributed by atoms with Crippen LogP contribution in [-0.4, -0.2) is 58.5 Å². The molecule has 128 valence electrons. The molecule has 7 nitrogen and oxygen atoms in total. The number of ether oxygens (including phenoxy) is 1. The van der Waals surface area contributed by atoms with Crippen molar-refractivity contribution in [1.82, 2.24) is 10.2 Å². The minimum Gasteiger partial charge on any atom is -0.377 e. The molecular weight excluding hydrogens is 318 g/mol. The Hall–Kier alpha value is -1.80. The van der Waals surface area contributed by atoms with Crippen molar-refractivity contribution < 1.29 is 17.9 Å². The molecule has 1 fully saturated rings. The molecule has 23 heavy (non-hydrogen) atoms. The van der Waals surface area contributed by atoms with Gasteiger partial charge in [0.05, 0.1) is 31.2 Å². The van der Waals surface area contributed by atoms with E-state index in [-0.39, 0.29) is 12.1 Å². The molecule has 1 heterocycles. The normalized spacial score (nSPS) is 18.6. The van der Waals surface area contributed by atoms with Crippen LogP contribution in [-0.2, 0) is 21.3 Å². The first kappa shape index (κ1) is 17.6. The van der Waals surface area contributed by atoms with E-state index in [1.165, 1.54) is 11.4 Å². The number of amides is 2. The molecule has 1 saturated heterocycles. The van der Waals surface area contributed by atoms with Gasteiger partial charge in [0.15, 0.2) is 0 Å². The van der Waals surface area contributed by atoms with Gasteiger partial charge in [0.2, 0.25) is 10.0 Å². The van der Waals surface area contributed by atoms with Gasteiger partial charge in [0.25, 0.3) is 0 Å². The molecule has 0 bridgehead atoms. The number of carbonyl (C=O) groups excluding carboxylic acids is 1. The Kier molecular flexibility index (Phi) is 5.48. The maximum atomic E-state index is 12.2. The van der Waals surface area contributed by atoms with Crippen molar-refractivity contribution in [3.05, 3.63) is 29.8 Å². The maximum Gasteiger partial charge on any atom is 0.318 e. The second kappa shape index (κ2) is 7.18. The highest BCUT2D eigenvalue weighted by atomic mass is 32.2. The predicted molar refractivity (Wildman–Crippen MR) is 88.9 cm³/mol. The largest absolute Gasteiger partial charge is 0.377 e. The number of anilines is 1. The number of urea groups is 1. The van der Waals surface area contributed by atoms with Crippen LogP contribution in [0.3, 0.4) is 0 Å². The molecule has 0 spiro atoms. The number of carbonyl (C=O) groups is 1. The SMILES string of the molecule is C[C@@H]1COCCN1C(=O)NCc1cccc(N(C)S(C)(=O)=O)c1. The first-order valence-electron chi connectivity index (χ1n) is 7.44. The van der Waals surface area contributed by atoms with Gasteiger partial charge in [-0.1, -0.05) is 12.1 Å². The molecule has 1 atom stereocenters. The standard InChI is InChI=1S/C15H23N3O4S/c1-12-11-22-8-7-18(12)15(19)16-10-13-5-4-6-14(9-13)17(2)23(3,20)21/h4-6,9,12H,7-8,10-11H2,1-3H3,(H,16,19)/t12-/m1/s1. The lowest BCUT2D eigenvalue weighted by Crippen LogP contribution is -2.51. The summed E-state index contributed by atoms with van der Waals surface area (Å²) in [6.07, 6.45) is 1.15. The average molecular weight is 341 g/mol. The van der Waals surface area contributed by atoms with Crippen molar-refractivity contribution in [1.29, 1.82) is 0 Å². The molecule has 1 N–H and O–H groups in total. The van der Waals surface area contributed by atoms with E-state index >= 15 is 0 Å². The molecule has 2 rings (SSSR count). The summed E-state index contributed by atoms with van der Waals surface area (Å²) in [5.74, 6) is 0. The van der Waals surface area contributed by atoms with Gasteiger partial charge in [0.1, 0.15) is 0 Å². The minimum atomic E-state index is -3.30. The molecule has 0 unspecified atom stereocenters. The van der Waals surface area contributed by atoms with Crippen molar-refractivity contribution in [2.75, 3.05) is 37.4 Å². The quantitative estimate of drug-likeness (QED) is 0.886. The molecule has 1 aliphatic rings. The topological polar surface area (TPSA) is 79.0 Å². The first-order valence-corrected chi connectivity index (χ1v) is 9.29. The van der Waals surface area contributed by atoms with E-state index in [0.29, 0.717) is 32.0 Å². The molecule has 2 amide bonds. The second-order valence-electron chi connectivity index (χ2n) is 5.68. The number of sulfonamides is 1. The zero-order valence-corrected chi connectivity index (χ0v) is 14.5. The number of nitrogens with zero attached hydrogens (tertiary/aromatic N) is 2. The fraction of sp³-hybridized carbons (Fsp3) is 0.533. The van der Waals surface area contributed by atoms with E-state index in [2.05, 4.69) is 5.32 Å². The van der Waals surface area contributed by atoms with Crippen LogP contribution in [0.4, 0.5) is 10.5 Å². The summed E-state index contributed by atoms with van der Waals surface area (Å²) < 4.78 is 29.7. The molecule has 0 aromatic heterocycles. The molecular formula is C15H23N3O4S. The summed E-state index contributed by atoms with van der Waals surface area (Å²) in [6, 6.07) is 7.01. The van der Waals surface area contributed by atoms with E-state index < -0.39 is 10.0 Å². The Balaban J connectivity index is 1.99. The minimum absolute atomic E-state index is 0.0476. The van der Waals surface area contributed by atoms with Crippen LogP contribution >= 0.6 is 0 Å². The lowest BCUT2D eigenvalue weighted by molar-refractivity contribution is 0.0190. The zero-order chi connectivity index (χ0) is 17.0. The van der Waals surface area contributed by atoms with Crippen LogP contribution < -0.4 is 9.62 Å². The molecule has 0 aliphatic carbocycles. The molecule has 0 saturated carbocycles. The molecule has 1 aromatic carbocycles. The fourth-order valence-electron chi connectivity index (χ4n) is 2.36. The van der Waals surface area contributed by atoms with Crippen LogP contribution in [0.2, 0.25) is 0 Å². The second-order valence-corrected chi connectivity index (χ2v) is 7.69. The number of morpholine rings is 1. The van der Waals surface area contributed by atoms with Crippen molar-refractivity contribution in [2.45, 2.75) is 19.5 Å². The Morgan fingerprint density at radius 1 is 1.48 bits per heavy atom. The molecule has 0 radical (unpaired) electrons. The van der Waals surface area contributed by atoms with Crippen molar-refractivity contribution in [3.63, 3.8) is 0 Å². The van der Waals surface area contributed by atoms with Gasteiger partial charge < -0.3 is 15.0 Å². The van der Waals surface area contributed by atoms with Crippen LogP contribution in [0.1, 0.15) is 12.5 Å². The van der Waals surface area contributed by atoms with Crippen molar-refractivity contribution in [2.24, 2.45) is 0 Å². The van der Waals surface area contributed by atoms with Crippen molar-refractivity contribution >= 4 is 21.7 Å². The molecule has 8 heteroatoms. The Labute approximate surface area is 137 Å². The van der Waals surface area contributed by atoms with E-state index in [1.807, 2.05) is 13.0 Å².